The summed E-state index contributed by atoms with van der Waals surface area (Å²) in [6, 6.07) is 12.9. The highest BCUT2D eigenvalue weighted by atomic mass is 32.1. The third-order valence-corrected chi connectivity index (χ3v) is 6.08. The van der Waals surface area contributed by atoms with Gasteiger partial charge in [-0.3, -0.25) is 9.69 Å². The summed E-state index contributed by atoms with van der Waals surface area (Å²) in [5.41, 5.74) is 2.67. The van der Waals surface area contributed by atoms with Gasteiger partial charge < -0.3 is 10.2 Å². The lowest BCUT2D eigenvalue weighted by molar-refractivity contribution is -0.121. The van der Waals surface area contributed by atoms with Gasteiger partial charge in [0.25, 0.3) is 0 Å². The van der Waals surface area contributed by atoms with Crippen LogP contribution in [0.5, 0.6) is 0 Å². The van der Waals surface area contributed by atoms with Crippen LogP contribution >= 0.6 is 11.3 Å². The van der Waals surface area contributed by atoms with Crippen LogP contribution in [-0.2, 0) is 11.2 Å². The Morgan fingerprint density at radius 2 is 1.96 bits per heavy atom. The van der Waals surface area contributed by atoms with Gasteiger partial charge in [0, 0.05) is 49.7 Å². The Morgan fingerprint density at radius 1 is 1.11 bits per heavy atom. The monoisotopic (exact) mass is 385 g/mol. The number of aryl methyl sites for hydroxylation is 2. The molecule has 0 radical (unpaired) electrons. The quantitative estimate of drug-likeness (QED) is 0.669. The fourth-order valence-electron chi connectivity index (χ4n) is 3.52. The average molecular weight is 386 g/mol. The molecule has 0 saturated carbocycles. The van der Waals surface area contributed by atoms with Crippen molar-refractivity contribution in [2.24, 2.45) is 0 Å². The van der Waals surface area contributed by atoms with Crippen molar-refractivity contribution in [3.05, 3.63) is 52.2 Å². The molecule has 1 amide bonds. The number of unbranched alkanes of at least 4 members (excludes halogenated alkanes) is 1. The lowest BCUT2D eigenvalue weighted by Crippen LogP contribution is -2.46. The summed E-state index contributed by atoms with van der Waals surface area (Å²) in [5.74, 6) is 0.176. The predicted octanol–water partition coefficient (Wildman–Crippen LogP) is 3.71. The zero-order valence-electron chi connectivity index (χ0n) is 16.3. The number of nitrogens with zero attached hydrogens (tertiary/aromatic N) is 2. The minimum absolute atomic E-state index is 0.176. The van der Waals surface area contributed by atoms with Gasteiger partial charge in [0.05, 0.1) is 0 Å². The summed E-state index contributed by atoms with van der Waals surface area (Å²) in [6.07, 6.45) is 3.66. The number of carbonyl (C=O) groups excluding carboxylic acids is 1. The number of hydrogen-bond donors (Lipinski definition) is 1. The van der Waals surface area contributed by atoms with Crippen LogP contribution in [0.25, 0.3) is 0 Å². The first-order valence-electron chi connectivity index (χ1n) is 10.0. The number of benzene rings is 1. The summed E-state index contributed by atoms with van der Waals surface area (Å²) in [6.45, 7) is 8.54. The topological polar surface area (TPSA) is 35.6 Å². The molecule has 146 valence electrons. The third kappa shape index (κ3) is 6.67. The van der Waals surface area contributed by atoms with Crippen molar-refractivity contribution in [1.29, 1.82) is 0 Å². The number of thiophene rings is 1. The lowest BCUT2D eigenvalue weighted by Gasteiger charge is -2.36. The second kappa shape index (κ2) is 10.5. The molecule has 27 heavy (non-hydrogen) atoms. The minimum atomic E-state index is 0.176. The normalized spacial score (nSPS) is 15.1. The molecule has 0 atom stereocenters. The summed E-state index contributed by atoms with van der Waals surface area (Å²) in [4.78, 5) is 18.2. The molecule has 1 aromatic heterocycles. The molecule has 4 nitrogen and oxygen atoms in total. The minimum Gasteiger partial charge on any atom is -0.369 e. The molecule has 0 unspecified atom stereocenters. The number of piperazine rings is 1. The van der Waals surface area contributed by atoms with Gasteiger partial charge in [-0.1, -0.05) is 18.2 Å². The molecule has 0 bridgehead atoms. The van der Waals surface area contributed by atoms with Gasteiger partial charge in [0.1, 0.15) is 0 Å². The molecule has 1 fully saturated rings. The zero-order chi connectivity index (χ0) is 18.9. The van der Waals surface area contributed by atoms with Gasteiger partial charge in [0.2, 0.25) is 5.91 Å². The van der Waals surface area contributed by atoms with Gasteiger partial charge >= 0.3 is 0 Å². The second-order valence-corrected chi connectivity index (χ2v) is 8.34. The summed E-state index contributed by atoms with van der Waals surface area (Å²) in [5, 5.41) is 5.12. The molecule has 2 heterocycles. The van der Waals surface area contributed by atoms with Crippen LogP contribution in [0.3, 0.4) is 0 Å². The third-order valence-electron chi connectivity index (χ3n) is 5.14. The van der Waals surface area contributed by atoms with Crippen LogP contribution in [0, 0.1) is 6.92 Å². The van der Waals surface area contributed by atoms with Crippen molar-refractivity contribution in [2.75, 3.05) is 44.2 Å². The number of anilines is 1. The van der Waals surface area contributed by atoms with Crippen LogP contribution in [-0.4, -0.2) is 50.1 Å². The van der Waals surface area contributed by atoms with Crippen LogP contribution < -0.4 is 10.2 Å². The molecule has 1 aliphatic rings. The summed E-state index contributed by atoms with van der Waals surface area (Å²) in [7, 11) is 0. The van der Waals surface area contributed by atoms with Crippen LogP contribution in [0.15, 0.2) is 41.8 Å². The van der Waals surface area contributed by atoms with E-state index in [0.717, 1.165) is 58.5 Å². The van der Waals surface area contributed by atoms with Crippen LogP contribution in [0.2, 0.25) is 0 Å². The van der Waals surface area contributed by atoms with Gasteiger partial charge in [-0.15, -0.1) is 11.3 Å². The summed E-state index contributed by atoms with van der Waals surface area (Å²) < 4.78 is 0. The van der Waals surface area contributed by atoms with E-state index in [1.54, 1.807) is 11.3 Å². The van der Waals surface area contributed by atoms with Gasteiger partial charge in [-0.2, -0.15) is 0 Å². The van der Waals surface area contributed by atoms with Gasteiger partial charge in [-0.25, -0.2) is 0 Å². The molecule has 1 aromatic carbocycles. The lowest BCUT2D eigenvalue weighted by atomic mass is 10.2. The number of rotatable bonds is 9. The first kappa shape index (κ1) is 19.9. The average Bonchev–Trinajstić information content (AvgIpc) is 3.20. The molecule has 0 aliphatic carbocycles. The van der Waals surface area contributed by atoms with Crippen LogP contribution in [0.1, 0.15) is 29.7 Å². The van der Waals surface area contributed by atoms with Crippen molar-refractivity contribution < 1.29 is 4.79 Å². The molecule has 3 rings (SSSR count). The molecule has 2 aromatic rings. The molecule has 0 spiro atoms. The van der Waals surface area contributed by atoms with E-state index < -0.39 is 0 Å². The number of nitrogens with one attached hydrogen (secondary N) is 1. The van der Waals surface area contributed by atoms with Crippen molar-refractivity contribution >= 4 is 22.9 Å². The smallest absolute Gasteiger partial charge is 0.220 e. The Bertz CT molecular complexity index is 693. The van der Waals surface area contributed by atoms with Crippen molar-refractivity contribution in [2.45, 2.75) is 32.6 Å². The first-order valence-corrected chi connectivity index (χ1v) is 10.9. The molecular formula is C22H31N3OS. The van der Waals surface area contributed by atoms with E-state index in [9.17, 15) is 4.79 Å². The Hall–Kier alpha value is -1.85. The van der Waals surface area contributed by atoms with E-state index in [4.69, 9.17) is 0 Å². The molecule has 1 N–H and O–H groups in total. The predicted molar refractivity (Wildman–Crippen MR) is 115 cm³/mol. The number of hydrogen-bond acceptors (Lipinski definition) is 4. The maximum Gasteiger partial charge on any atom is 0.220 e. The van der Waals surface area contributed by atoms with Crippen molar-refractivity contribution in [3.8, 4) is 0 Å². The number of carbonyl (C=O) groups is 1. The highest BCUT2D eigenvalue weighted by Gasteiger charge is 2.16. The largest absolute Gasteiger partial charge is 0.369 e. The van der Waals surface area contributed by atoms with Crippen molar-refractivity contribution in [1.82, 2.24) is 10.2 Å². The van der Waals surface area contributed by atoms with E-state index in [2.05, 4.69) is 57.8 Å². The molecular weight excluding hydrogens is 354 g/mol. The fourth-order valence-corrected chi connectivity index (χ4v) is 4.23. The standard InChI is InChI=1S/C22H31N3OS/c1-19-6-4-7-20(18-19)25-15-13-24(14-16-25)12-3-2-11-23-22(26)10-9-21-8-5-17-27-21/h4-8,17-18H,2-3,9-16H2,1H3,(H,23,26). The summed E-state index contributed by atoms with van der Waals surface area (Å²) >= 11 is 1.72. The van der Waals surface area contributed by atoms with E-state index >= 15 is 0 Å². The Balaban J connectivity index is 1.24. The van der Waals surface area contributed by atoms with Gasteiger partial charge in [-0.05, 0) is 61.9 Å². The Morgan fingerprint density at radius 3 is 2.70 bits per heavy atom. The van der Waals surface area contributed by atoms with E-state index in [1.165, 1.54) is 16.1 Å². The van der Waals surface area contributed by atoms with E-state index in [-0.39, 0.29) is 5.91 Å². The zero-order valence-corrected chi connectivity index (χ0v) is 17.1. The first-order chi connectivity index (χ1) is 13.2. The second-order valence-electron chi connectivity index (χ2n) is 7.30. The Labute approximate surface area is 167 Å². The highest BCUT2D eigenvalue weighted by Crippen LogP contribution is 2.18. The molecule has 1 aliphatic heterocycles. The van der Waals surface area contributed by atoms with Crippen LogP contribution in [0.4, 0.5) is 5.69 Å². The number of amides is 1. The SMILES string of the molecule is Cc1cccc(N2CCN(CCCCNC(=O)CCc3cccs3)CC2)c1. The molecule has 5 heteroatoms. The maximum atomic E-state index is 11.9. The fraction of sp³-hybridized carbons (Fsp3) is 0.500. The Kier molecular flexibility index (Phi) is 7.72. The van der Waals surface area contributed by atoms with Gasteiger partial charge in [0.15, 0.2) is 0 Å². The maximum absolute atomic E-state index is 11.9. The van der Waals surface area contributed by atoms with E-state index in [1.807, 2.05) is 6.07 Å². The van der Waals surface area contributed by atoms with Crippen molar-refractivity contribution in [3.63, 3.8) is 0 Å². The van der Waals surface area contributed by atoms with E-state index in [0.29, 0.717) is 6.42 Å². The highest BCUT2D eigenvalue weighted by molar-refractivity contribution is 7.09. The molecule has 1 saturated heterocycles.